The number of hydrogen-bond donors (Lipinski definition) is 1. The normalized spacial score (nSPS) is 12.7. The lowest BCUT2D eigenvalue weighted by Gasteiger charge is -2.19. The lowest BCUT2D eigenvalue weighted by Crippen LogP contribution is -2.16. The molecule has 0 aliphatic rings. The third-order valence-corrected chi connectivity index (χ3v) is 5.35. The highest BCUT2D eigenvalue weighted by Crippen LogP contribution is 2.36. The molecule has 158 valence electrons. The molecular formula is C24H20F3N3O. The van der Waals surface area contributed by atoms with Gasteiger partial charge in [0.05, 0.1) is 5.56 Å². The average molecular weight is 423 g/mol. The second kappa shape index (κ2) is 7.91. The first-order valence-corrected chi connectivity index (χ1v) is 9.72. The lowest BCUT2D eigenvalue weighted by atomic mass is 9.95. The summed E-state index contributed by atoms with van der Waals surface area (Å²) in [6.07, 6.45) is -1.17. The van der Waals surface area contributed by atoms with Crippen LogP contribution in [0, 0.1) is 0 Å². The molecular weight excluding hydrogens is 403 g/mol. The molecule has 1 heterocycles. The molecule has 4 nitrogen and oxygen atoms in total. The summed E-state index contributed by atoms with van der Waals surface area (Å²) in [5, 5.41) is 4.69. The van der Waals surface area contributed by atoms with Gasteiger partial charge in [0.2, 0.25) is 0 Å². The number of carbonyl (C=O) groups excluding carboxylic acids is 1. The largest absolute Gasteiger partial charge is 0.416 e. The highest BCUT2D eigenvalue weighted by molar-refractivity contribution is 6.06. The van der Waals surface area contributed by atoms with E-state index in [2.05, 4.69) is 10.3 Å². The number of hydrogen-bond acceptors (Lipinski definition) is 2. The molecule has 4 aromatic rings. The maximum absolute atomic E-state index is 13.4. The number of rotatable bonds is 4. The van der Waals surface area contributed by atoms with Crippen molar-refractivity contribution >= 4 is 22.4 Å². The van der Waals surface area contributed by atoms with Gasteiger partial charge in [0.25, 0.3) is 5.91 Å². The molecule has 1 amide bonds. The van der Waals surface area contributed by atoms with Crippen LogP contribution in [-0.4, -0.2) is 15.5 Å². The van der Waals surface area contributed by atoms with E-state index >= 15 is 0 Å². The fourth-order valence-corrected chi connectivity index (χ4v) is 3.67. The molecule has 0 saturated heterocycles. The number of anilines is 1. The summed E-state index contributed by atoms with van der Waals surface area (Å²) >= 11 is 0. The van der Waals surface area contributed by atoms with Crippen molar-refractivity contribution in [2.75, 3.05) is 5.32 Å². The van der Waals surface area contributed by atoms with Crippen LogP contribution in [0.25, 0.3) is 10.8 Å². The Morgan fingerprint density at radius 1 is 1.03 bits per heavy atom. The van der Waals surface area contributed by atoms with Gasteiger partial charge in [-0.05, 0) is 46.7 Å². The monoisotopic (exact) mass is 423 g/mol. The quantitative estimate of drug-likeness (QED) is 0.438. The minimum atomic E-state index is -4.49. The minimum Gasteiger partial charge on any atom is -0.338 e. The van der Waals surface area contributed by atoms with Crippen molar-refractivity contribution in [2.45, 2.75) is 19.0 Å². The van der Waals surface area contributed by atoms with Crippen LogP contribution in [-0.2, 0) is 13.2 Å². The van der Waals surface area contributed by atoms with Crippen molar-refractivity contribution in [3.05, 3.63) is 95.6 Å². The van der Waals surface area contributed by atoms with Gasteiger partial charge in [-0.25, -0.2) is 4.98 Å². The zero-order valence-corrected chi connectivity index (χ0v) is 16.9. The zero-order chi connectivity index (χ0) is 22.2. The van der Waals surface area contributed by atoms with Crippen molar-refractivity contribution in [1.82, 2.24) is 9.55 Å². The smallest absolute Gasteiger partial charge is 0.338 e. The second-order valence-electron chi connectivity index (χ2n) is 7.43. The van der Waals surface area contributed by atoms with Crippen LogP contribution in [0.2, 0.25) is 0 Å². The van der Waals surface area contributed by atoms with Crippen LogP contribution in [0.5, 0.6) is 0 Å². The molecule has 1 atom stereocenters. The Morgan fingerprint density at radius 3 is 2.45 bits per heavy atom. The molecule has 0 bridgehead atoms. The maximum atomic E-state index is 13.4. The molecule has 0 saturated carbocycles. The summed E-state index contributed by atoms with van der Waals surface area (Å²) in [7, 11) is 1.78. The average Bonchev–Trinajstić information content (AvgIpc) is 3.18. The highest BCUT2D eigenvalue weighted by Gasteiger charge is 2.32. The Morgan fingerprint density at radius 2 is 1.77 bits per heavy atom. The molecule has 1 unspecified atom stereocenters. The number of alkyl halides is 3. The standard InChI is InChI=1S/C24H20F3N3O/c1-15(22-28-11-12-30(22)2)20-14-19(24(25,26)27)9-10-21(20)29-23(31)18-8-7-16-5-3-4-6-17(16)13-18/h3-15H,1-2H3,(H,29,31). The summed E-state index contributed by atoms with van der Waals surface area (Å²) in [6, 6.07) is 16.3. The van der Waals surface area contributed by atoms with Gasteiger partial charge in [-0.2, -0.15) is 13.2 Å². The van der Waals surface area contributed by atoms with Crippen LogP contribution >= 0.6 is 0 Å². The summed E-state index contributed by atoms with van der Waals surface area (Å²) < 4.78 is 41.8. The predicted octanol–water partition coefficient (Wildman–Crippen LogP) is 6.00. The van der Waals surface area contributed by atoms with Crippen molar-refractivity contribution in [3.63, 3.8) is 0 Å². The minimum absolute atomic E-state index is 0.321. The van der Waals surface area contributed by atoms with E-state index < -0.39 is 17.7 Å². The number of carbonyl (C=O) groups is 1. The van der Waals surface area contributed by atoms with Gasteiger partial charge in [-0.1, -0.05) is 37.3 Å². The summed E-state index contributed by atoms with van der Waals surface area (Å²) in [5.74, 6) is -0.256. The van der Waals surface area contributed by atoms with Gasteiger partial charge in [-0.15, -0.1) is 0 Å². The topological polar surface area (TPSA) is 46.9 Å². The number of benzene rings is 3. The Balaban J connectivity index is 1.72. The number of halogens is 3. The molecule has 7 heteroatoms. The Labute approximate surface area is 177 Å². The molecule has 0 aliphatic carbocycles. The molecule has 1 N–H and O–H groups in total. The van der Waals surface area contributed by atoms with Gasteiger partial charge < -0.3 is 9.88 Å². The first-order chi connectivity index (χ1) is 14.7. The van der Waals surface area contributed by atoms with Crippen LogP contribution in [0.1, 0.15) is 40.2 Å². The summed E-state index contributed by atoms with van der Waals surface area (Å²) in [5.41, 5.74) is 0.321. The fourth-order valence-electron chi connectivity index (χ4n) is 3.67. The van der Waals surface area contributed by atoms with Crippen LogP contribution in [0.4, 0.5) is 18.9 Å². The first kappa shape index (κ1) is 20.7. The van der Waals surface area contributed by atoms with Gasteiger partial charge in [0, 0.05) is 36.6 Å². The Kier molecular flexibility index (Phi) is 5.27. The van der Waals surface area contributed by atoms with Crippen molar-refractivity contribution < 1.29 is 18.0 Å². The maximum Gasteiger partial charge on any atom is 0.416 e. The fraction of sp³-hybridized carbons (Fsp3) is 0.167. The molecule has 0 radical (unpaired) electrons. The lowest BCUT2D eigenvalue weighted by molar-refractivity contribution is -0.137. The van der Waals surface area contributed by atoms with Crippen LogP contribution in [0.3, 0.4) is 0 Å². The summed E-state index contributed by atoms with van der Waals surface area (Å²) in [4.78, 5) is 17.2. The molecule has 0 spiro atoms. The van der Waals surface area contributed by atoms with E-state index in [-0.39, 0.29) is 5.91 Å². The summed E-state index contributed by atoms with van der Waals surface area (Å²) in [6.45, 7) is 1.77. The van der Waals surface area contributed by atoms with E-state index in [4.69, 9.17) is 0 Å². The molecule has 1 aromatic heterocycles. The van der Waals surface area contributed by atoms with Crippen molar-refractivity contribution in [1.29, 1.82) is 0 Å². The van der Waals surface area contributed by atoms with E-state index in [0.717, 1.165) is 22.9 Å². The number of imidazole rings is 1. The number of nitrogens with zero attached hydrogens (tertiary/aromatic N) is 2. The zero-order valence-electron chi connectivity index (χ0n) is 16.9. The first-order valence-electron chi connectivity index (χ1n) is 9.72. The highest BCUT2D eigenvalue weighted by atomic mass is 19.4. The Hall–Kier alpha value is -3.61. The molecule has 0 fully saturated rings. The SMILES string of the molecule is CC(c1cc(C(F)(F)F)ccc1NC(=O)c1ccc2ccccc2c1)c1nccn1C. The van der Waals surface area contributed by atoms with Gasteiger partial charge in [0.15, 0.2) is 0 Å². The third kappa shape index (κ3) is 4.17. The van der Waals surface area contributed by atoms with E-state index in [1.807, 2.05) is 30.3 Å². The number of amides is 1. The predicted molar refractivity (Wildman–Crippen MR) is 114 cm³/mol. The molecule has 31 heavy (non-hydrogen) atoms. The Bertz CT molecular complexity index is 1260. The molecule has 4 rings (SSSR count). The van der Waals surface area contributed by atoms with Gasteiger partial charge >= 0.3 is 6.18 Å². The number of aromatic nitrogens is 2. The number of fused-ring (bicyclic) bond motifs is 1. The second-order valence-corrected chi connectivity index (χ2v) is 7.43. The van der Waals surface area contributed by atoms with E-state index in [0.29, 0.717) is 22.6 Å². The van der Waals surface area contributed by atoms with E-state index in [1.54, 1.807) is 43.1 Å². The number of nitrogens with one attached hydrogen (secondary N) is 1. The number of aryl methyl sites for hydroxylation is 1. The molecule has 3 aromatic carbocycles. The van der Waals surface area contributed by atoms with E-state index in [9.17, 15) is 18.0 Å². The van der Waals surface area contributed by atoms with Gasteiger partial charge in [-0.3, -0.25) is 4.79 Å². The van der Waals surface area contributed by atoms with Crippen molar-refractivity contribution in [2.24, 2.45) is 7.05 Å². The third-order valence-electron chi connectivity index (χ3n) is 5.35. The van der Waals surface area contributed by atoms with Crippen LogP contribution < -0.4 is 5.32 Å². The van der Waals surface area contributed by atoms with Gasteiger partial charge in [0.1, 0.15) is 5.82 Å². The van der Waals surface area contributed by atoms with Crippen molar-refractivity contribution in [3.8, 4) is 0 Å². The van der Waals surface area contributed by atoms with Crippen LogP contribution in [0.15, 0.2) is 73.1 Å². The molecule has 0 aliphatic heterocycles. The van der Waals surface area contributed by atoms with E-state index in [1.165, 1.54) is 6.07 Å².